The molecule has 0 saturated carbocycles. The first-order valence-electron chi connectivity index (χ1n) is 7.50. The molecule has 0 fully saturated rings. The van der Waals surface area contributed by atoms with Gasteiger partial charge in [-0.25, -0.2) is 5.43 Å². The summed E-state index contributed by atoms with van der Waals surface area (Å²) < 4.78 is 0.985. The van der Waals surface area contributed by atoms with Crippen molar-refractivity contribution in [3.8, 4) is 0 Å². The smallest absolute Gasteiger partial charge is 0.271 e. The molecule has 0 radical (unpaired) electrons. The number of anilines is 1. The summed E-state index contributed by atoms with van der Waals surface area (Å²) in [7, 11) is 0. The monoisotopic (exact) mass is 387 g/mol. The van der Waals surface area contributed by atoms with Crippen molar-refractivity contribution in [2.45, 2.75) is 20.3 Å². The minimum absolute atomic E-state index is 0.0677. The molecule has 0 bridgehead atoms. The minimum atomic E-state index is -0.306. The predicted molar refractivity (Wildman–Crippen MR) is 99.2 cm³/mol. The number of rotatable bonds is 5. The Balaban J connectivity index is 2.00. The molecule has 6 heteroatoms. The second kappa shape index (κ2) is 8.40. The van der Waals surface area contributed by atoms with Gasteiger partial charge in [-0.05, 0) is 48.9 Å². The molecule has 2 aromatic rings. The summed E-state index contributed by atoms with van der Waals surface area (Å²) >= 11 is 3.38. The number of nitrogens with one attached hydrogen (secondary N) is 2. The lowest BCUT2D eigenvalue weighted by atomic mass is 10.1. The van der Waals surface area contributed by atoms with Crippen LogP contribution in [0.25, 0.3) is 0 Å². The lowest BCUT2D eigenvalue weighted by Crippen LogP contribution is -2.19. The molecule has 0 heterocycles. The number of halogens is 1. The van der Waals surface area contributed by atoms with Crippen molar-refractivity contribution in [3.63, 3.8) is 0 Å². The van der Waals surface area contributed by atoms with Gasteiger partial charge in [0, 0.05) is 22.1 Å². The molecule has 2 aromatic carbocycles. The van der Waals surface area contributed by atoms with Crippen molar-refractivity contribution in [1.82, 2.24) is 5.43 Å². The molecule has 0 aliphatic heterocycles. The van der Waals surface area contributed by atoms with Crippen molar-refractivity contribution < 1.29 is 9.59 Å². The second-order valence-corrected chi connectivity index (χ2v) is 6.04. The third-order valence-corrected chi connectivity index (χ3v) is 3.87. The molecular weight excluding hydrogens is 370 g/mol. The van der Waals surface area contributed by atoms with Gasteiger partial charge in [-0.2, -0.15) is 5.10 Å². The van der Waals surface area contributed by atoms with E-state index in [2.05, 4.69) is 31.8 Å². The first-order chi connectivity index (χ1) is 11.5. The standard InChI is InChI=1S/C18H18BrN3O2/c1-3-17(23)20-16-10-6-14(7-11-16)18(24)22-21-12(2)13-4-8-15(19)9-5-13/h4-11H,3H2,1-2H3,(H,20,23)(H,22,24)/b21-12-. The Morgan fingerprint density at radius 2 is 1.58 bits per heavy atom. The van der Waals surface area contributed by atoms with E-state index in [4.69, 9.17) is 0 Å². The van der Waals surface area contributed by atoms with Gasteiger partial charge in [-0.1, -0.05) is 35.0 Å². The Morgan fingerprint density at radius 1 is 1.00 bits per heavy atom. The number of carbonyl (C=O) groups excluding carboxylic acids is 2. The van der Waals surface area contributed by atoms with E-state index in [9.17, 15) is 9.59 Å². The Kier molecular flexibility index (Phi) is 6.26. The van der Waals surface area contributed by atoms with Gasteiger partial charge in [0.1, 0.15) is 0 Å². The molecule has 0 aliphatic rings. The van der Waals surface area contributed by atoms with Gasteiger partial charge in [0.05, 0.1) is 5.71 Å². The third kappa shape index (κ3) is 5.03. The van der Waals surface area contributed by atoms with Crippen LogP contribution < -0.4 is 10.7 Å². The molecule has 0 aliphatic carbocycles. The lowest BCUT2D eigenvalue weighted by Gasteiger charge is -2.06. The van der Waals surface area contributed by atoms with Gasteiger partial charge < -0.3 is 5.32 Å². The second-order valence-electron chi connectivity index (χ2n) is 5.12. The summed E-state index contributed by atoms with van der Waals surface area (Å²) in [5.74, 6) is -0.373. The fourth-order valence-electron chi connectivity index (χ4n) is 1.91. The molecule has 0 atom stereocenters. The summed E-state index contributed by atoms with van der Waals surface area (Å²) in [6, 6.07) is 14.3. The van der Waals surface area contributed by atoms with Gasteiger partial charge >= 0.3 is 0 Å². The number of hydrogen-bond donors (Lipinski definition) is 2. The average molecular weight is 388 g/mol. The van der Waals surface area contributed by atoms with Crippen LogP contribution in [0.1, 0.15) is 36.2 Å². The molecule has 124 valence electrons. The highest BCUT2D eigenvalue weighted by atomic mass is 79.9. The van der Waals surface area contributed by atoms with E-state index >= 15 is 0 Å². The number of hydrazone groups is 1. The van der Waals surface area contributed by atoms with E-state index in [0.717, 1.165) is 10.0 Å². The molecule has 2 rings (SSSR count). The topological polar surface area (TPSA) is 70.6 Å². The molecule has 0 saturated heterocycles. The molecule has 0 unspecified atom stereocenters. The Hall–Kier alpha value is -2.47. The van der Waals surface area contributed by atoms with Crippen molar-refractivity contribution in [1.29, 1.82) is 0 Å². The zero-order chi connectivity index (χ0) is 17.5. The van der Waals surface area contributed by atoms with E-state index in [0.29, 0.717) is 23.4 Å². The fourth-order valence-corrected chi connectivity index (χ4v) is 2.17. The quantitative estimate of drug-likeness (QED) is 0.602. The average Bonchev–Trinajstić information content (AvgIpc) is 2.60. The van der Waals surface area contributed by atoms with Gasteiger partial charge in [0.15, 0.2) is 0 Å². The number of carbonyl (C=O) groups is 2. The van der Waals surface area contributed by atoms with Crippen LogP contribution in [0.3, 0.4) is 0 Å². The van der Waals surface area contributed by atoms with E-state index in [1.807, 2.05) is 31.2 Å². The van der Waals surface area contributed by atoms with Gasteiger partial charge in [-0.15, -0.1) is 0 Å². The highest BCUT2D eigenvalue weighted by molar-refractivity contribution is 9.10. The summed E-state index contributed by atoms with van der Waals surface area (Å²) in [5.41, 5.74) is 5.30. The summed E-state index contributed by atoms with van der Waals surface area (Å²) in [6.07, 6.45) is 0.409. The Morgan fingerprint density at radius 3 is 2.17 bits per heavy atom. The van der Waals surface area contributed by atoms with Crippen LogP contribution in [0.5, 0.6) is 0 Å². The number of benzene rings is 2. The van der Waals surface area contributed by atoms with Crippen LogP contribution in [0.4, 0.5) is 5.69 Å². The fraction of sp³-hybridized carbons (Fsp3) is 0.167. The Labute approximate surface area is 149 Å². The van der Waals surface area contributed by atoms with Gasteiger partial charge in [0.2, 0.25) is 5.91 Å². The van der Waals surface area contributed by atoms with E-state index < -0.39 is 0 Å². The summed E-state index contributed by atoms with van der Waals surface area (Å²) in [5, 5.41) is 6.85. The third-order valence-electron chi connectivity index (χ3n) is 3.34. The van der Waals surface area contributed by atoms with E-state index in [-0.39, 0.29) is 11.8 Å². The van der Waals surface area contributed by atoms with Gasteiger partial charge in [-0.3, -0.25) is 9.59 Å². The number of hydrogen-bond acceptors (Lipinski definition) is 3. The predicted octanol–water partition coefficient (Wildman–Crippen LogP) is 3.95. The summed E-state index contributed by atoms with van der Waals surface area (Å²) in [4.78, 5) is 23.4. The zero-order valence-electron chi connectivity index (χ0n) is 13.5. The van der Waals surface area contributed by atoms with Crippen LogP contribution in [0.15, 0.2) is 58.1 Å². The maximum Gasteiger partial charge on any atom is 0.271 e. The van der Waals surface area contributed by atoms with Crippen molar-refractivity contribution in [3.05, 3.63) is 64.1 Å². The number of amides is 2. The van der Waals surface area contributed by atoms with Crippen molar-refractivity contribution >= 4 is 39.1 Å². The normalized spacial score (nSPS) is 11.0. The molecule has 24 heavy (non-hydrogen) atoms. The van der Waals surface area contributed by atoms with Crippen LogP contribution >= 0.6 is 15.9 Å². The molecule has 5 nitrogen and oxygen atoms in total. The van der Waals surface area contributed by atoms with Crippen LogP contribution in [-0.2, 0) is 4.79 Å². The zero-order valence-corrected chi connectivity index (χ0v) is 15.1. The van der Waals surface area contributed by atoms with Crippen molar-refractivity contribution in [2.75, 3.05) is 5.32 Å². The highest BCUT2D eigenvalue weighted by Gasteiger charge is 2.06. The number of nitrogens with zero attached hydrogens (tertiary/aromatic N) is 1. The maximum absolute atomic E-state index is 12.1. The molecule has 2 N–H and O–H groups in total. The van der Waals surface area contributed by atoms with Gasteiger partial charge in [0.25, 0.3) is 5.91 Å². The first-order valence-corrected chi connectivity index (χ1v) is 8.29. The van der Waals surface area contributed by atoms with Crippen molar-refractivity contribution in [2.24, 2.45) is 5.10 Å². The summed E-state index contributed by atoms with van der Waals surface area (Å²) in [6.45, 7) is 3.61. The molecular formula is C18H18BrN3O2. The van der Waals surface area contributed by atoms with Crippen LogP contribution in [0.2, 0.25) is 0 Å². The van der Waals surface area contributed by atoms with Crippen LogP contribution in [0, 0.1) is 0 Å². The minimum Gasteiger partial charge on any atom is -0.326 e. The van der Waals surface area contributed by atoms with Crippen LogP contribution in [-0.4, -0.2) is 17.5 Å². The van der Waals surface area contributed by atoms with E-state index in [1.165, 1.54) is 0 Å². The SMILES string of the molecule is CCC(=O)Nc1ccc(C(=O)N/N=C(/C)c2ccc(Br)cc2)cc1. The Bertz CT molecular complexity index is 753. The molecule has 0 spiro atoms. The molecule has 2 amide bonds. The first kappa shape index (κ1) is 17.9. The van der Waals surface area contributed by atoms with E-state index in [1.54, 1.807) is 31.2 Å². The molecule has 0 aromatic heterocycles. The lowest BCUT2D eigenvalue weighted by molar-refractivity contribution is -0.115. The highest BCUT2D eigenvalue weighted by Crippen LogP contribution is 2.12. The maximum atomic E-state index is 12.1. The largest absolute Gasteiger partial charge is 0.326 e.